The van der Waals surface area contributed by atoms with Crippen LogP contribution in [-0.2, 0) is 4.79 Å². The van der Waals surface area contributed by atoms with Crippen LogP contribution in [0.3, 0.4) is 0 Å². The van der Waals surface area contributed by atoms with Gasteiger partial charge in [0.15, 0.2) is 12.4 Å². The maximum absolute atomic E-state index is 12.4. The predicted octanol–water partition coefficient (Wildman–Crippen LogP) is 2.86. The van der Waals surface area contributed by atoms with Crippen molar-refractivity contribution in [2.75, 3.05) is 18.1 Å². The van der Waals surface area contributed by atoms with Crippen molar-refractivity contribution in [2.45, 2.75) is 0 Å². The van der Waals surface area contributed by atoms with E-state index in [1.165, 1.54) is 29.2 Å². The van der Waals surface area contributed by atoms with Crippen LogP contribution in [0.2, 0.25) is 5.02 Å². The number of hydrogen-bond acceptors (Lipinski definition) is 5. The van der Waals surface area contributed by atoms with Gasteiger partial charge in [-0.05, 0) is 30.3 Å². The van der Waals surface area contributed by atoms with Crippen LogP contribution < -0.4 is 9.64 Å². The number of carbonyl (C=O) groups excluding carboxylic acids is 2. The number of amides is 1. The van der Waals surface area contributed by atoms with Gasteiger partial charge in [-0.3, -0.25) is 24.6 Å². The fraction of sp³-hybridized carbons (Fsp3) is 0.125. The molecule has 0 unspecified atom stereocenters. The number of hydrogen-bond donors (Lipinski definition) is 0. The number of halogens is 1. The van der Waals surface area contributed by atoms with E-state index >= 15 is 0 Å². The summed E-state index contributed by atoms with van der Waals surface area (Å²) in [6, 6.07) is 10.0. The molecule has 8 heteroatoms. The third kappa shape index (κ3) is 3.07. The molecule has 0 atom stereocenters. The summed E-state index contributed by atoms with van der Waals surface area (Å²) in [5.74, 6) is -0.235. The monoisotopic (exact) mass is 346 g/mol. The topological polar surface area (TPSA) is 89.8 Å². The Balaban J connectivity index is 1.85. The lowest BCUT2D eigenvalue weighted by atomic mass is 10.1. The molecule has 3 rings (SSSR count). The van der Waals surface area contributed by atoms with Gasteiger partial charge in [-0.15, -0.1) is 0 Å². The molecule has 7 nitrogen and oxygen atoms in total. The maximum atomic E-state index is 12.4. The highest BCUT2D eigenvalue weighted by molar-refractivity contribution is 6.31. The minimum atomic E-state index is -0.544. The van der Waals surface area contributed by atoms with Crippen LogP contribution in [0.25, 0.3) is 0 Å². The zero-order valence-electron chi connectivity index (χ0n) is 12.3. The summed E-state index contributed by atoms with van der Waals surface area (Å²) >= 11 is 5.95. The fourth-order valence-electron chi connectivity index (χ4n) is 2.35. The number of rotatable bonds is 4. The van der Waals surface area contributed by atoms with Gasteiger partial charge in [0.25, 0.3) is 11.6 Å². The van der Waals surface area contributed by atoms with E-state index in [4.69, 9.17) is 16.3 Å². The molecule has 0 aromatic heterocycles. The molecule has 1 amide bonds. The van der Waals surface area contributed by atoms with Gasteiger partial charge >= 0.3 is 0 Å². The Kier molecular flexibility index (Phi) is 4.18. The highest BCUT2D eigenvalue weighted by atomic mass is 35.5. The predicted molar refractivity (Wildman–Crippen MR) is 86.7 cm³/mol. The van der Waals surface area contributed by atoms with Crippen molar-refractivity contribution in [1.82, 2.24) is 0 Å². The van der Waals surface area contributed by atoms with Crippen molar-refractivity contribution in [3.05, 3.63) is 63.2 Å². The third-order valence-corrected chi connectivity index (χ3v) is 3.80. The number of anilines is 1. The average Bonchev–Trinajstić information content (AvgIpc) is 2.57. The van der Waals surface area contributed by atoms with Crippen LogP contribution in [0, 0.1) is 10.1 Å². The number of nitrogens with zero attached hydrogens (tertiary/aromatic N) is 2. The van der Waals surface area contributed by atoms with E-state index in [0.29, 0.717) is 16.5 Å². The number of ketones is 1. The van der Waals surface area contributed by atoms with Crippen LogP contribution in [0.4, 0.5) is 11.4 Å². The van der Waals surface area contributed by atoms with Gasteiger partial charge in [0.2, 0.25) is 0 Å². The van der Waals surface area contributed by atoms with Crippen molar-refractivity contribution >= 4 is 34.7 Å². The minimum Gasteiger partial charge on any atom is -0.482 e. The Morgan fingerprint density at radius 2 is 1.96 bits per heavy atom. The molecule has 0 spiro atoms. The van der Waals surface area contributed by atoms with E-state index in [1.807, 2.05) is 0 Å². The van der Waals surface area contributed by atoms with Crippen LogP contribution in [0.5, 0.6) is 5.75 Å². The second kappa shape index (κ2) is 6.29. The smallest absolute Gasteiger partial charge is 0.269 e. The second-order valence-corrected chi connectivity index (χ2v) is 5.54. The molecule has 0 aliphatic carbocycles. The van der Waals surface area contributed by atoms with E-state index < -0.39 is 4.92 Å². The van der Waals surface area contributed by atoms with Crippen molar-refractivity contribution < 1.29 is 19.2 Å². The zero-order valence-corrected chi connectivity index (χ0v) is 13.0. The molecular formula is C16H11ClN2O5. The van der Waals surface area contributed by atoms with Crippen LogP contribution >= 0.6 is 11.6 Å². The van der Waals surface area contributed by atoms with Crippen LogP contribution in [-0.4, -0.2) is 29.8 Å². The SMILES string of the molecule is O=C(CN1C(=O)COc2ccc(Cl)cc21)c1ccc([N+](=O)[O-])cc1. The van der Waals surface area contributed by atoms with Crippen molar-refractivity contribution in [3.63, 3.8) is 0 Å². The van der Waals surface area contributed by atoms with Crippen LogP contribution in [0.1, 0.15) is 10.4 Å². The zero-order chi connectivity index (χ0) is 17.3. The summed E-state index contributed by atoms with van der Waals surface area (Å²) in [7, 11) is 0. The van der Waals surface area contributed by atoms with Gasteiger partial charge in [-0.2, -0.15) is 0 Å². The summed E-state index contributed by atoms with van der Waals surface area (Å²) in [6.45, 7) is -0.366. The van der Waals surface area contributed by atoms with Crippen molar-refractivity contribution in [3.8, 4) is 5.75 Å². The highest BCUT2D eigenvalue weighted by Crippen LogP contribution is 2.34. The van der Waals surface area contributed by atoms with Gasteiger partial charge in [-0.1, -0.05) is 11.6 Å². The normalized spacial score (nSPS) is 13.2. The molecule has 0 N–H and O–H groups in total. The number of fused-ring (bicyclic) bond motifs is 1. The quantitative estimate of drug-likeness (QED) is 0.482. The Morgan fingerprint density at radius 3 is 2.62 bits per heavy atom. The molecule has 24 heavy (non-hydrogen) atoms. The largest absolute Gasteiger partial charge is 0.482 e. The molecule has 0 saturated heterocycles. The van der Waals surface area contributed by atoms with Crippen LogP contribution in [0.15, 0.2) is 42.5 Å². The first-order chi connectivity index (χ1) is 11.5. The third-order valence-electron chi connectivity index (χ3n) is 3.57. The molecule has 0 bridgehead atoms. The van der Waals surface area contributed by atoms with Gasteiger partial charge < -0.3 is 4.74 Å². The Hall–Kier alpha value is -2.93. The number of non-ortho nitro benzene ring substituents is 1. The molecule has 0 radical (unpaired) electrons. The van der Waals surface area contributed by atoms with E-state index in [2.05, 4.69) is 0 Å². The summed E-state index contributed by atoms with van der Waals surface area (Å²) in [5.41, 5.74) is 0.601. The first-order valence-electron chi connectivity index (χ1n) is 6.96. The standard InChI is InChI=1S/C16H11ClN2O5/c17-11-3-6-15-13(7-11)18(16(21)9-24-15)8-14(20)10-1-4-12(5-2-10)19(22)23/h1-7H,8-9H2. The molecule has 1 aliphatic rings. The molecule has 1 aliphatic heterocycles. The first-order valence-corrected chi connectivity index (χ1v) is 7.34. The molecule has 2 aromatic rings. The average molecular weight is 347 g/mol. The Labute approximate surface area is 141 Å². The maximum Gasteiger partial charge on any atom is 0.269 e. The number of carbonyl (C=O) groups is 2. The summed E-state index contributed by atoms with van der Waals surface area (Å²) in [5, 5.41) is 11.1. The van der Waals surface area contributed by atoms with Gasteiger partial charge in [0.1, 0.15) is 5.75 Å². The lowest BCUT2D eigenvalue weighted by Gasteiger charge is -2.29. The van der Waals surface area contributed by atoms with Gasteiger partial charge in [0.05, 0.1) is 17.2 Å². The van der Waals surface area contributed by atoms with Gasteiger partial charge in [-0.25, -0.2) is 0 Å². The molecule has 122 valence electrons. The highest BCUT2D eigenvalue weighted by Gasteiger charge is 2.28. The second-order valence-electron chi connectivity index (χ2n) is 5.11. The molecule has 2 aromatic carbocycles. The van der Waals surface area contributed by atoms with E-state index in [-0.39, 0.29) is 36.1 Å². The number of nitro groups is 1. The lowest BCUT2D eigenvalue weighted by Crippen LogP contribution is -2.42. The first kappa shape index (κ1) is 15.9. The van der Waals surface area contributed by atoms with Gasteiger partial charge in [0, 0.05) is 22.7 Å². The Bertz CT molecular complexity index is 835. The fourth-order valence-corrected chi connectivity index (χ4v) is 2.52. The lowest BCUT2D eigenvalue weighted by molar-refractivity contribution is -0.384. The summed E-state index contributed by atoms with van der Waals surface area (Å²) in [4.78, 5) is 35.9. The number of nitro benzene ring substituents is 1. The van der Waals surface area contributed by atoms with Crippen molar-refractivity contribution in [1.29, 1.82) is 0 Å². The van der Waals surface area contributed by atoms with E-state index in [9.17, 15) is 19.7 Å². The van der Waals surface area contributed by atoms with E-state index in [0.717, 1.165) is 0 Å². The number of Topliss-reactive ketones (excluding diaryl/α,β-unsaturated/α-hetero) is 1. The summed E-state index contributed by atoms with van der Waals surface area (Å²) in [6.07, 6.45) is 0. The number of ether oxygens (including phenoxy) is 1. The van der Waals surface area contributed by atoms with Crippen molar-refractivity contribution in [2.24, 2.45) is 0 Å². The molecule has 1 heterocycles. The Morgan fingerprint density at radius 1 is 1.25 bits per heavy atom. The molecule has 0 saturated carbocycles. The molecule has 0 fully saturated rings. The summed E-state index contributed by atoms with van der Waals surface area (Å²) < 4.78 is 5.31. The minimum absolute atomic E-state index is 0.105. The molecular weight excluding hydrogens is 336 g/mol. The van der Waals surface area contributed by atoms with E-state index in [1.54, 1.807) is 18.2 Å². The number of benzene rings is 2.